The number of rotatable bonds is 9. The second kappa shape index (κ2) is 11.7. The maximum absolute atomic E-state index is 13.2. The van der Waals surface area contributed by atoms with E-state index in [-0.39, 0.29) is 12.7 Å². The minimum atomic E-state index is -0.563. The van der Waals surface area contributed by atoms with Gasteiger partial charge < -0.3 is 28.6 Å². The summed E-state index contributed by atoms with van der Waals surface area (Å²) in [5, 5.41) is 0. The molecule has 0 aromatic heterocycles. The molecule has 1 amide bonds. The van der Waals surface area contributed by atoms with E-state index in [0.29, 0.717) is 37.7 Å². The maximum Gasteiger partial charge on any atom is 0.303 e. The minimum absolute atomic E-state index is 0.0726. The molecule has 0 saturated heterocycles. The highest BCUT2D eigenvalue weighted by Crippen LogP contribution is 2.45. The molecule has 0 radical (unpaired) electrons. The third kappa shape index (κ3) is 6.22. The highest BCUT2D eigenvalue weighted by Gasteiger charge is 2.46. The Hall–Kier alpha value is -2.88. The van der Waals surface area contributed by atoms with Crippen LogP contribution in [0.1, 0.15) is 30.5 Å². The summed E-state index contributed by atoms with van der Waals surface area (Å²) in [7, 11) is 1.61. The second-order valence-electron chi connectivity index (χ2n) is 8.27. The first-order valence-corrected chi connectivity index (χ1v) is 12.1. The smallest absolute Gasteiger partial charge is 0.303 e. The highest BCUT2D eigenvalue weighted by molar-refractivity contribution is 9.10. The van der Waals surface area contributed by atoms with Gasteiger partial charge in [0.15, 0.2) is 12.9 Å². The van der Waals surface area contributed by atoms with E-state index in [2.05, 4.69) is 15.9 Å². The fourth-order valence-electron chi connectivity index (χ4n) is 4.24. The van der Waals surface area contributed by atoms with Gasteiger partial charge in [0, 0.05) is 43.1 Å². The molecule has 0 unspecified atom stereocenters. The lowest BCUT2D eigenvalue weighted by Crippen LogP contribution is -2.46. The third-order valence-corrected chi connectivity index (χ3v) is 6.34. The Balaban J connectivity index is 1.63. The molecule has 0 bridgehead atoms. The van der Waals surface area contributed by atoms with Gasteiger partial charge in [-0.3, -0.25) is 9.59 Å². The van der Waals surface area contributed by atoms with Gasteiger partial charge >= 0.3 is 5.97 Å². The van der Waals surface area contributed by atoms with Gasteiger partial charge in [-0.2, -0.15) is 0 Å². The van der Waals surface area contributed by atoms with E-state index < -0.39 is 24.2 Å². The first kappa shape index (κ1) is 25.2. The summed E-state index contributed by atoms with van der Waals surface area (Å²) in [5.74, 6) is 0.628. The molecule has 2 aromatic rings. The molecule has 35 heavy (non-hydrogen) atoms. The van der Waals surface area contributed by atoms with Crippen molar-refractivity contribution in [2.24, 2.45) is 0 Å². The van der Waals surface area contributed by atoms with E-state index in [9.17, 15) is 9.59 Å². The van der Waals surface area contributed by atoms with E-state index in [1.165, 1.54) is 6.92 Å². The molecule has 3 atom stereocenters. The number of amides is 1. The van der Waals surface area contributed by atoms with Crippen LogP contribution in [-0.2, 0) is 30.3 Å². The molecule has 0 aliphatic carbocycles. The third-order valence-electron chi connectivity index (χ3n) is 5.82. The van der Waals surface area contributed by atoms with Crippen LogP contribution in [0.3, 0.4) is 0 Å². The minimum Gasteiger partial charge on any atom is -0.483 e. The summed E-state index contributed by atoms with van der Waals surface area (Å²) in [6, 6.07) is 12.9. The number of methoxy groups -OCH3 is 1. The van der Waals surface area contributed by atoms with Crippen LogP contribution in [0.5, 0.6) is 11.5 Å². The molecular weight excluding hydrogens is 518 g/mol. The average molecular weight is 546 g/mol. The van der Waals surface area contributed by atoms with Crippen LogP contribution in [0, 0.1) is 0 Å². The predicted octanol–water partition coefficient (Wildman–Crippen LogP) is 4.17. The van der Waals surface area contributed by atoms with Crippen molar-refractivity contribution >= 4 is 27.8 Å². The highest BCUT2D eigenvalue weighted by atomic mass is 79.9. The molecule has 0 N–H and O–H groups in total. The van der Waals surface area contributed by atoms with E-state index in [1.807, 2.05) is 36.4 Å². The lowest BCUT2D eigenvalue weighted by Gasteiger charge is -2.36. The van der Waals surface area contributed by atoms with Crippen molar-refractivity contribution in [2.75, 3.05) is 27.1 Å². The van der Waals surface area contributed by atoms with E-state index in [0.717, 1.165) is 15.6 Å². The first-order chi connectivity index (χ1) is 17.0. The van der Waals surface area contributed by atoms with Gasteiger partial charge in [0.05, 0.1) is 13.2 Å². The molecule has 2 aromatic carbocycles. The Morgan fingerprint density at radius 2 is 1.97 bits per heavy atom. The number of hydrogen-bond donors (Lipinski definition) is 0. The van der Waals surface area contributed by atoms with Crippen molar-refractivity contribution in [1.82, 2.24) is 4.90 Å². The predicted molar refractivity (Wildman–Crippen MR) is 131 cm³/mol. The zero-order chi connectivity index (χ0) is 24.8. The Morgan fingerprint density at radius 1 is 1.17 bits per heavy atom. The number of halogens is 1. The fraction of sp³-hybridized carbons (Fsp3) is 0.385. The summed E-state index contributed by atoms with van der Waals surface area (Å²) in [5.41, 5.74) is 1.81. The standard InChI is InChI=1S/C26H28BrNO7/c1-17(29)34-22-4-3-5-24(30)28(15-18-6-8-19(27)9-7-18)25-21-11-10-20(14-23(21)35-26(22)25)33-16-32-13-12-31-2/h3,5-11,14,22,25-26H,4,12-13,15-16H2,1-2H3/t22-,25-,26+/m0/s1. The lowest BCUT2D eigenvalue weighted by atomic mass is 9.94. The summed E-state index contributed by atoms with van der Waals surface area (Å²) in [6.07, 6.45) is 2.54. The van der Waals surface area contributed by atoms with Crippen molar-refractivity contribution in [3.63, 3.8) is 0 Å². The number of esters is 1. The summed E-state index contributed by atoms with van der Waals surface area (Å²) in [4.78, 5) is 26.9. The molecule has 186 valence electrons. The molecule has 2 aliphatic heterocycles. The number of hydrogen-bond acceptors (Lipinski definition) is 7. The normalized spacial score (nSPS) is 20.9. The van der Waals surface area contributed by atoms with Gasteiger partial charge in [-0.1, -0.05) is 34.1 Å². The lowest BCUT2D eigenvalue weighted by molar-refractivity contribution is -0.153. The summed E-state index contributed by atoms with van der Waals surface area (Å²) >= 11 is 3.45. The van der Waals surface area contributed by atoms with Gasteiger partial charge in [-0.05, 0) is 35.9 Å². The van der Waals surface area contributed by atoms with Crippen molar-refractivity contribution in [3.05, 3.63) is 70.2 Å². The van der Waals surface area contributed by atoms with Gasteiger partial charge in [-0.25, -0.2) is 0 Å². The molecule has 0 fully saturated rings. The topological polar surface area (TPSA) is 83.5 Å². The van der Waals surface area contributed by atoms with Crippen molar-refractivity contribution in [2.45, 2.75) is 38.1 Å². The monoisotopic (exact) mass is 545 g/mol. The molecule has 0 saturated carbocycles. The van der Waals surface area contributed by atoms with Crippen LogP contribution in [0.4, 0.5) is 0 Å². The average Bonchev–Trinajstić information content (AvgIpc) is 3.20. The summed E-state index contributed by atoms with van der Waals surface area (Å²) in [6.45, 7) is 2.72. The van der Waals surface area contributed by atoms with Crippen LogP contribution in [0.15, 0.2) is 59.1 Å². The number of benzene rings is 2. The van der Waals surface area contributed by atoms with Gasteiger partial charge in [0.25, 0.3) is 0 Å². The number of fused-ring (bicyclic) bond motifs is 3. The Morgan fingerprint density at radius 3 is 2.71 bits per heavy atom. The molecular formula is C26H28BrNO7. The molecule has 2 aliphatic rings. The Bertz CT molecular complexity index is 1070. The first-order valence-electron chi connectivity index (χ1n) is 11.3. The fourth-order valence-corrected chi connectivity index (χ4v) is 4.50. The van der Waals surface area contributed by atoms with Gasteiger partial charge in [-0.15, -0.1) is 0 Å². The van der Waals surface area contributed by atoms with Crippen LogP contribution in [-0.4, -0.2) is 56.1 Å². The molecule has 9 heteroatoms. The van der Waals surface area contributed by atoms with Crippen LogP contribution < -0.4 is 9.47 Å². The van der Waals surface area contributed by atoms with Crippen molar-refractivity contribution < 1.29 is 33.3 Å². The molecule has 2 heterocycles. The number of ether oxygens (including phenoxy) is 5. The summed E-state index contributed by atoms with van der Waals surface area (Å²) < 4.78 is 28.9. The van der Waals surface area contributed by atoms with Crippen molar-refractivity contribution in [3.8, 4) is 11.5 Å². The van der Waals surface area contributed by atoms with E-state index >= 15 is 0 Å². The molecule has 4 rings (SSSR count). The van der Waals surface area contributed by atoms with Crippen molar-refractivity contribution in [1.29, 1.82) is 0 Å². The maximum atomic E-state index is 13.2. The van der Waals surface area contributed by atoms with E-state index in [4.69, 9.17) is 23.7 Å². The Kier molecular flexibility index (Phi) is 8.43. The van der Waals surface area contributed by atoms with Crippen LogP contribution in [0.2, 0.25) is 0 Å². The van der Waals surface area contributed by atoms with Crippen LogP contribution in [0.25, 0.3) is 0 Å². The zero-order valence-electron chi connectivity index (χ0n) is 19.6. The number of nitrogens with zero attached hydrogens (tertiary/aromatic N) is 1. The SMILES string of the molecule is COCCOCOc1ccc2c(c1)O[C@@H]1[C@@H](OC(C)=O)CC=CC(=O)N(Cc3ccc(Br)cc3)[C@@H]21. The zero-order valence-corrected chi connectivity index (χ0v) is 21.2. The molecule has 0 spiro atoms. The number of carbonyl (C=O) groups excluding carboxylic acids is 2. The Labute approximate surface area is 212 Å². The molecule has 8 nitrogen and oxygen atoms in total. The largest absolute Gasteiger partial charge is 0.483 e. The van der Waals surface area contributed by atoms with Gasteiger partial charge in [0.2, 0.25) is 5.91 Å². The van der Waals surface area contributed by atoms with Crippen LogP contribution >= 0.6 is 15.9 Å². The quantitative estimate of drug-likeness (QED) is 0.265. The second-order valence-corrected chi connectivity index (χ2v) is 9.18. The van der Waals surface area contributed by atoms with E-state index in [1.54, 1.807) is 30.2 Å². The number of carbonyl (C=O) groups is 2. The van der Waals surface area contributed by atoms with Gasteiger partial charge in [0.1, 0.15) is 23.6 Å².